The van der Waals surface area contributed by atoms with Crippen LogP contribution in [0.4, 0.5) is 8.78 Å². The average molecular weight is 273 g/mol. The molecule has 0 aromatic carbocycles. The lowest BCUT2D eigenvalue weighted by Gasteiger charge is -2.10. The predicted molar refractivity (Wildman–Crippen MR) is 68.1 cm³/mol. The maximum absolute atomic E-state index is 13.0. The van der Waals surface area contributed by atoms with E-state index in [1.165, 1.54) is 26.1 Å². The van der Waals surface area contributed by atoms with Crippen molar-refractivity contribution in [1.29, 1.82) is 0 Å². The van der Waals surface area contributed by atoms with Gasteiger partial charge < -0.3 is 5.11 Å². The smallest absolute Gasteiger partial charge is 0.345 e. The molecule has 98 valence electrons. The fourth-order valence-electron chi connectivity index (χ4n) is 1.17. The van der Waals surface area contributed by atoms with Gasteiger partial charge in [-0.05, 0) is 30.7 Å². The number of thiophene rings is 1. The Balaban J connectivity index is 3.09. The molecule has 0 aliphatic heterocycles. The van der Waals surface area contributed by atoms with Crippen LogP contribution in [0.5, 0.6) is 0 Å². The van der Waals surface area contributed by atoms with E-state index in [1.54, 1.807) is 6.07 Å². The van der Waals surface area contributed by atoms with E-state index >= 15 is 0 Å². The number of carbonyl (C=O) groups is 1. The highest BCUT2D eigenvalue weighted by atomic mass is 32.1. The van der Waals surface area contributed by atoms with E-state index in [4.69, 9.17) is 5.11 Å². The van der Waals surface area contributed by atoms with Crippen LogP contribution in [0.1, 0.15) is 28.4 Å². The molecule has 1 N–H and O–H groups in total. The predicted octanol–water partition coefficient (Wildman–Crippen LogP) is 3.47. The van der Waals surface area contributed by atoms with Crippen molar-refractivity contribution >= 4 is 23.0 Å². The van der Waals surface area contributed by atoms with Gasteiger partial charge in [0.2, 0.25) is 0 Å². The molecular weight excluding hydrogens is 260 g/mol. The number of aromatic carboxylic acids is 1. The van der Waals surface area contributed by atoms with Gasteiger partial charge in [0.1, 0.15) is 4.88 Å². The summed E-state index contributed by atoms with van der Waals surface area (Å²) >= 11 is 1.01. The number of rotatable bonds is 4. The molecule has 0 unspecified atom stereocenters. The van der Waals surface area contributed by atoms with Crippen LogP contribution in [0, 0.1) is 0 Å². The number of aliphatic imine (C=N–C) groups is 1. The molecule has 1 heterocycles. The maximum Gasteiger partial charge on any atom is 0.345 e. The molecule has 1 aromatic rings. The topological polar surface area (TPSA) is 49.7 Å². The first-order chi connectivity index (χ1) is 8.25. The number of nitrogens with zero attached hydrogens (tertiary/aromatic N) is 1. The Morgan fingerprint density at radius 1 is 1.44 bits per heavy atom. The molecule has 18 heavy (non-hydrogen) atoms. The van der Waals surface area contributed by atoms with E-state index < -0.39 is 11.9 Å². The van der Waals surface area contributed by atoms with Crippen LogP contribution >= 0.6 is 11.3 Å². The lowest BCUT2D eigenvalue weighted by atomic mass is 10.1. The Morgan fingerprint density at radius 3 is 2.39 bits per heavy atom. The number of carboxylic acid groups (broad SMARTS) is 1. The Kier molecular flexibility index (Phi) is 4.34. The van der Waals surface area contributed by atoms with Gasteiger partial charge in [-0.2, -0.15) is 0 Å². The molecule has 0 atom stereocenters. The van der Waals surface area contributed by atoms with Gasteiger partial charge in [-0.15, -0.1) is 11.3 Å². The average Bonchev–Trinajstić information content (AvgIpc) is 2.73. The molecule has 3 nitrogen and oxygen atoms in total. The standard InChI is InChI=1S/C12H13F2NO2S/c1-7(12(2,13)14)6-8(15-3)9-4-5-10(18-9)11(16)17/h4-6H,1-3H3,(H,16,17)/b7-6+,15-8?. The molecule has 6 heteroatoms. The summed E-state index contributed by atoms with van der Waals surface area (Å²) < 4.78 is 26.1. The zero-order valence-corrected chi connectivity index (χ0v) is 11.0. The van der Waals surface area contributed by atoms with Gasteiger partial charge in [0, 0.05) is 14.0 Å². The Labute approximate surface area is 107 Å². The second-order valence-corrected chi connectivity index (χ2v) is 4.88. The molecule has 0 bridgehead atoms. The number of allylic oxidation sites excluding steroid dienone is 2. The third-order valence-corrected chi connectivity index (χ3v) is 3.45. The number of carboxylic acids is 1. The summed E-state index contributed by atoms with van der Waals surface area (Å²) in [6, 6.07) is 2.99. The van der Waals surface area contributed by atoms with Crippen molar-refractivity contribution < 1.29 is 18.7 Å². The van der Waals surface area contributed by atoms with Gasteiger partial charge in [0.05, 0.1) is 10.6 Å². The molecule has 1 aromatic heterocycles. The van der Waals surface area contributed by atoms with E-state index in [1.807, 2.05) is 0 Å². The van der Waals surface area contributed by atoms with Gasteiger partial charge in [-0.3, -0.25) is 4.99 Å². The fourth-order valence-corrected chi connectivity index (χ4v) is 2.02. The van der Waals surface area contributed by atoms with E-state index in [0.717, 1.165) is 18.3 Å². The summed E-state index contributed by atoms with van der Waals surface area (Å²) in [4.78, 5) is 15.4. The van der Waals surface area contributed by atoms with Crippen molar-refractivity contribution in [2.24, 2.45) is 4.99 Å². The highest BCUT2D eigenvalue weighted by Crippen LogP contribution is 2.24. The van der Waals surface area contributed by atoms with Crippen molar-refractivity contribution in [3.05, 3.63) is 33.5 Å². The van der Waals surface area contributed by atoms with Gasteiger partial charge >= 0.3 is 5.97 Å². The Morgan fingerprint density at radius 2 is 2.00 bits per heavy atom. The van der Waals surface area contributed by atoms with Crippen LogP contribution in [0.3, 0.4) is 0 Å². The van der Waals surface area contributed by atoms with Crippen molar-refractivity contribution in [2.45, 2.75) is 19.8 Å². The van der Waals surface area contributed by atoms with Crippen LogP contribution in [-0.4, -0.2) is 29.8 Å². The molecule has 0 amide bonds. The second-order valence-electron chi connectivity index (χ2n) is 3.79. The molecule has 0 fully saturated rings. The molecule has 0 aliphatic rings. The molecule has 0 radical (unpaired) electrons. The normalized spacial score (nSPS) is 13.8. The summed E-state index contributed by atoms with van der Waals surface area (Å²) in [6.07, 6.45) is 1.28. The molecule has 0 saturated carbocycles. The molecule has 0 saturated heterocycles. The van der Waals surface area contributed by atoms with E-state index in [0.29, 0.717) is 10.6 Å². The van der Waals surface area contributed by atoms with Gasteiger partial charge in [-0.1, -0.05) is 0 Å². The van der Waals surface area contributed by atoms with Gasteiger partial charge in [0.25, 0.3) is 5.92 Å². The second kappa shape index (κ2) is 5.39. The number of hydrogen-bond donors (Lipinski definition) is 1. The first-order valence-corrected chi connectivity index (χ1v) is 5.94. The van der Waals surface area contributed by atoms with Crippen LogP contribution < -0.4 is 0 Å². The molecule has 0 aliphatic carbocycles. The van der Waals surface area contributed by atoms with Crippen molar-refractivity contribution in [2.75, 3.05) is 7.05 Å². The molecule has 1 rings (SSSR count). The lowest BCUT2D eigenvalue weighted by molar-refractivity contribution is 0.0636. The van der Waals surface area contributed by atoms with Gasteiger partial charge in [0.15, 0.2) is 0 Å². The third kappa shape index (κ3) is 3.46. The number of hydrogen-bond acceptors (Lipinski definition) is 3. The van der Waals surface area contributed by atoms with Crippen LogP contribution in [0.25, 0.3) is 0 Å². The first kappa shape index (κ1) is 14.5. The highest BCUT2D eigenvalue weighted by molar-refractivity contribution is 7.16. The zero-order valence-electron chi connectivity index (χ0n) is 10.2. The summed E-state index contributed by atoms with van der Waals surface area (Å²) in [6.45, 7) is 2.13. The quantitative estimate of drug-likeness (QED) is 0.854. The SMILES string of the molecule is CN=C(/C=C(\C)C(C)(F)F)c1ccc(C(=O)O)s1. The zero-order chi connectivity index (χ0) is 13.9. The summed E-state index contributed by atoms with van der Waals surface area (Å²) in [5.74, 6) is -3.95. The summed E-state index contributed by atoms with van der Waals surface area (Å²) in [5, 5.41) is 8.80. The monoisotopic (exact) mass is 273 g/mol. The maximum atomic E-state index is 13.0. The van der Waals surface area contributed by atoms with E-state index in [-0.39, 0.29) is 10.5 Å². The highest BCUT2D eigenvalue weighted by Gasteiger charge is 2.24. The minimum Gasteiger partial charge on any atom is -0.477 e. The molecule has 0 spiro atoms. The van der Waals surface area contributed by atoms with Crippen molar-refractivity contribution in [3.63, 3.8) is 0 Å². The van der Waals surface area contributed by atoms with Gasteiger partial charge in [-0.25, -0.2) is 13.6 Å². The first-order valence-electron chi connectivity index (χ1n) is 5.12. The minimum atomic E-state index is -2.91. The van der Waals surface area contributed by atoms with E-state index in [9.17, 15) is 13.6 Å². The Hall–Kier alpha value is -1.56. The van der Waals surface area contributed by atoms with Crippen LogP contribution in [-0.2, 0) is 0 Å². The largest absolute Gasteiger partial charge is 0.477 e. The fraction of sp³-hybridized carbons (Fsp3) is 0.333. The summed E-state index contributed by atoms with van der Waals surface area (Å²) in [7, 11) is 1.48. The minimum absolute atomic E-state index is 0.117. The van der Waals surface area contributed by atoms with Crippen molar-refractivity contribution in [1.82, 2.24) is 0 Å². The van der Waals surface area contributed by atoms with Crippen LogP contribution in [0.15, 0.2) is 28.8 Å². The van der Waals surface area contributed by atoms with E-state index in [2.05, 4.69) is 4.99 Å². The summed E-state index contributed by atoms with van der Waals surface area (Å²) in [5.41, 5.74) is 0.236. The van der Waals surface area contributed by atoms with Crippen LogP contribution in [0.2, 0.25) is 0 Å². The van der Waals surface area contributed by atoms with Crippen molar-refractivity contribution in [3.8, 4) is 0 Å². The number of alkyl halides is 2. The number of halogens is 2. The Bertz CT molecular complexity index is 512. The third-order valence-electron chi connectivity index (χ3n) is 2.36. The lowest BCUT2D eigenvalue weighted by Crippen LogP contribution is -2.12. The molecular formula is C12H13F2NO2S.